The smallest absolute Gasteiger partial charge is 0.274 e. The van der Waals surface area contributed by atoms with Crippen LogP contribution in [0.2, 0.25) is 0 Å². The Morgan fingerprint density at radius 1 is 1.44 bits per heavy atom. The largest absolute Gasteiger partial charge is 0.319 e. The molecular formula is C10H9N3O2S. The summed E-state index contributed by atoms with van der Waals surface area (Å²) in [5.41, 5.74) is 0.713. The molecule has 0 atom stereocenters. The van der Waals surface area contributed by atoms with Crippen LogP contribution in [0.15, 0.2) is 35.8 Å². The molecule has 1 aromatic carbocycles. The molecule has 1 N–H and O–H groups in total. The molecule has 82 valence electrons. The van der Waals surface area contributed by atoms with Crippen molar-refractivity contribution in [1.29, 1.82) is 5.41 Å². The molecule has 16 heavy (non-hydrogen) atoms. The number of benzene rings is 1. The molecule has 0 aliphatic carbocycles. The number of para-hydroxylation sites is 1. The first-order valence-electron chi connectivity index (χ1n) is 4.59. The van der Waals surface area contributed by atoms with Crippen LogP contribution in [-0.4, -0.2) is 9.49 Å². The predicted molar refractivity (Wildman–Crippen MR) is 60.4 cm³/mol. The Labute approximate surface area is 95.3 Å². The van der Waals surface area contributed by atoms with Gasteiger partial charge in [-0.25, -0.2) is 0 Å². The van der Waals surface area contributed by atoms with E-state index >= 15 is 0 Å². The van der Waals surface area contributed by atoms with Gasteiger partial charge < -0.3 is 4.57 Å². The zero-order chi connectivity index (χ0) is 11.5. The van der Waals surface area contributed by atoms with Crippen molar-refractivity contribution in [3.05, 3.63) is 56.3 Å². The first-order chi connectivity index (χ1) is 7.68. The van der Waals surface area contributed by atoms with E-state index in [0.29, 0.717) is 16.9 Å². The van der Waals surface area contributed by atoms with Gasteiger partial charge in [0.2, 0.25) is 0 Å². The topological polar surface area (TPSA) is 71.9 Å². The Morgan fingerprint density at radius 3 is 2.81 bits per heavy atom. The fourth-order valence-corrected chi connectivity index (χ4v) is 2.03. The summed E-state index contributed by atoms with van der Waals surface area (Å²) in [4.78, 5) is 10.8. The van der Waals surface area contributed by atoms with E-state index in [0.717, 1.165) is 0 Å². The highest BCUT2D eigenvalue weighted by atomic mass is 32.1. The Hall–Kier alpha value is -1.95. The molecule has 5 nitrogen and oxygen atoms in total. The Kier molecular flexibility index (Phi) is 2.82. The molecule has 6 heteroatoms. The lowest BCUT2D eigenvalue weighted by molar-refractivity contribution is -0.385. The minimum atomic E-state index is -0.397. The van der Waals surface area contributed by atoms with Crippen molar-refractivity contribution in [3.63, 3.8) is 0 Å². The van der Waals surface area contributed by atoms with Crippen LogP contribution in [0.5, 0.6) is 0 Å². The average molecular weight is 235 g/mol. The van der Waals surface area contributed by atoms with Gasteiger partial charge >= 0.3 is 0 Å². The number of hydrogen-bond acceptors (Lipinski definition) is 4. The molecule has 2 rings (SSSR count). The number of nitrogens with zero attached hydrogens (tertiary/aromatic N) is 2. The molecule has 2 aromatic rings. The summed E-state index contributed by atoms with van der Waals surface area (Å²) in [5.74, 6) is 0. The zero-order valence-corrected chi connectivity index (χ0v) is 9.11. The van der Waals surface area contributed by atoms with Crippen LogP contribution < -0.4 is 4.80 Å². The third-order valence-electron chi connectivity index (χ3n) is 2.21. The number of nitro benzene ring substituents is 1. The second kappa shape index (κ2) is 4.28. The van der Waals surface area contributed by atoms with Crippen molar-refractivity contribution in [2.75, 3.05) is 0 Å². The zero-order valence-electron chi connectivity index (χ0n) is 8.29. The van der Waals surface area contributed by atoms with Crippen molar-refractivity contribution in [2.24, 2.45) is 0 Å². The molecule has 0 spiro atoms. The molecule has 1 aromatic heterocycles. The maximum atomic E-state index is 10.8. The van der Waals surface area contributed by atoms with E-state index in [2.05, 4.69) is 0 Å². The van der Waals surface area contributed by atoms with E-state index in [1.807, 2.05) is 0 Å². The summed E-state index contributed by atoms with van der Waals surface area (Å²) in [6.07, 6.45) is 1.75. The lowest BCUT2D eigenvalue weighted by atomic mass is 10.2. The SMILES string of the molecule is N=c1sccn1Cc1ccccc1[N+](=O)[O-]. The standard InChI is InChI=1S/C10H9N3O2S/c11-10-12(5-6-16-10)7-8-3-1-2-4-9(8)13(14)15/h1-6,11H,7H2. The second-order valence-electron chi connectivity index (χ2n) is 3.22. The lowest BCUT2D eigenvalue weighted by Crippen LogP contribution is -2.13. The fraction of sp³-hybridized carbons (Fsp3) is 0.100. The highest BCUT2D eigenvalue weighted by Gasteiger charge is 2.12. The van der Waals surface area contributed by atoms with Crippen LogP contribution in [0.4, 0.5) is 5.69 Å². The van der Waals surface area contributed by atoms with E-state index in [1.54, 1.807) is 34.3 Å². The first kappa shape index (κ1) is 10.6. The van der Waals surface area contributed by atoms with Crippen LogP contribution in [0.25, 0.3) is 0 Å². The van der Waals surface area contributed by atoms with Gasteiger partial charge in [0, 0.05) is 23.2 Å². The summed E-state index contributed by atoms with van der Waals surface area (Å²) in [5, 5.41) is 20.2. The molecule has 1 heterocycles. The molecule has 0 aliphatic heterocycles. The van der Waals surface area contributed by atoms with Crippen LogP contribution in [0, 0.1) is 15.5 Å². The number of nitrogens with one attached hydrogen (secondary N) is 1. The molecule has 0 radical (unpaired) electrons. The monoisotopic (exact) mass is 235 g/mol. The van der Waals surface area contributed by atoms with Gasteiger partial charge in [-0.3, -0.25) is 15.5 Å². The van der Waals surface area contributed by atoms with Gasteiger partial charge in [-0.2, -0.15) is 0 Å². The van der Waals surface area contributed by atoms with Crippen molar-refractivity contribution in [3.8, 4) is 0 Å². The molecule has 0 saturated heterocycles. The third-order valence-corrected chi connectivity index (χ3v) is 2.93. The maximum Gasteiger partial charge on any atom is 0.274 e. The number of aromatic nitrogens is 1. The van der Waals surface area contributed by atoms with Crippen LogP contribution in [0.1, 0.15) is 5.56 Å². The lowest BCUT2D eigenvalue weighted by Gasteiger charge is -2.03. The van der Waals surface area contributed by atoms with E-state index in [4.69, 9.17) is 5.41 Å². The van der Waals surface area contributed by atoms with E-state index in [9.17, 15) is 10.1 Å². The number of rotatable bonds is 3. The van der Waals surface area contributed by atoms with Crippen molar-refractivity contribution >= 4 is 17.0 Å². The third kappa shape index (κ3) is 2.01. The highest BCUT2D eigenvalue weighted by molar-refractivity contribution is 7.06. The van der Waals surface area contributed by atoms with Gasteiger partial charge in [0.25, 0.3) is 5.69 Å². The molecule has 0 fully saturated rings. The van der Waals surface area contributed by atoms with E-state index < -0.39 is 4.92 Å². The Bertz CT molecular complexity index is 573. The predicted octanol–water partition coefficient (Wildman–Crippen LogP) is 1.99. The van der Waals surface area contributed by atoms with Gasteiger partial charge in [-0.1, -0.05) is 18.2 Å². The summed E-state index contributed by atoms with van der Waals surface area (Å²) < 4.78 is 1.67. The van der Waals surface area contributed by atoms with Crippen LogP contribution in [0.3, 0.4) is 0 Å². The Morgan fingerprint density at radius 2 is 2.19 bits per heavy atom. The number of hydrogen-bond donors (Lipinski definition) is 1. The maximum absolute atomic E-state index is 10.8. The van der Waals surface area contributed by atoms with Crippen molar-refractivity contribution in [2.45, 2.75) is 6.54 Å². The van der Waals surface area contributed by atoms with Gasteiger partial charge in [-0.05, 0) is 0 Å². The Balaban J connectivity index is 2.39. The normalized spacial score (nSPS) is 10.2. The fourth-order valence-electron chi connectivity index (χ4n) is 1.43. The number of nitro groups is 1. The highest BCUT2D eigenvalue weighted by Crippen LogP contribution is 2.18. The van der Waals surface area contributed by atoms with Crippen LogP contribution in [-0.2, 0) is 6.54 Å². The summed E-state index contributed by atoms with van der Waals surface area (Å²) >= 11 is 1.30. The summed E-state index contributed by atoms with van der Waals surface area (Å²) in [7, 11) is 0. The van der Waals surface area contributed by atoms with Gasteiger partial charge in [0.05, 0.1) is 11.5 Å². The molecule has 0 unspecified atom stereocenters. The molecule has 0 bridgehead atoms. The van der Waals surface area contributed by atoms with Gasteiger partial charge in [0.15, 0.2) is 4.80 Å². The quantitative estimate of drug-likeness (QED) is 0.652. The van der Waals surface area contributed by atoms with Crippen molar-refractivity contribution < 1.29 is 4.92 Å². The van der Waals surface area contributed by atoms with E-state index in [-0.39, 0.29) is 5.69 Å². The average Bonchev–Trinajstić information content (AvgIpc) is 2.65. The van der Waals surface area contributed by atoms with Crippen LogP contribution >= 0.6 is 11.3 Å². The van der Waals surface area contributed by atoms with Gasteiger partial charge in [0.1, 0.15) is 0 Å². The molecular weight excluding hydrogens is 226 g/mol. The molecule has 0 amide bonds. The molecule has 0 aliphatic rings. The molecule has 0 saturated carbocycles. The minimum absolute atomic E-state index is 0.0978. The van der Waals surface area contributed by atoms with Crippen molar-refractivity contribution in [1.82, 2.24) is 4.57 Å². The van der Waals surface area contributed by atoms with E-state index in [1.165, 1.54) is 17.4 Å². The van der Waals surface area contributed by atoms with Gasteiger partial charge in [-0.15, -0.1) is 11.3 Å². The minimum Gasteiger partial charge on any atom is -0.319 e. The number of thiazole rings is 1. The second-order valence-corrected chi connectivity index (χ2v) is 4.12. The summed E-state index contributed by atoms with van der Waals surface area (Å²) in [6.45, 7) is 0.361. The summed E-state index contributed by atoms with van der Waals surface area (Å²) in [6, 6.07) is 6.59. The first-order valence-corrected chi connectivity index (χ1v) is 5.47.